The van der Waals surface area contributed by atoms with E-state index < -0.39 is 5.97 Å². The van der Waals surface area contributed by atoms with Crippen molar-refractivity contribution in [3.05, 3.63) is 34.2 Å². The van der Waals surface area contributed by atoms with Crippen molar-refractivity contribution >= 4 is 11.9 Å². The summed E-state index contributed by atoms with van der Waals surface area (Å²) in [4.78, 5) is 36.4. The van der Waals surface area contributed by atoms with Gasteiger partial charge in [-0.25, -0.2) is 0 Å². The van der Waals surface area contributed by atoms with Crippen LogP contribution in [0.25, 0.3) is 0 Å². The number of carbonyl (C=O) groups is 2. The van der Waals surface area contributed by atoms with Crippen LogP contribution in [0.2, 0.25) is 0 Å². The summed E-state index contributed by atoms with van der Waals surface area (Å²) in [6.45, 7) is 1.85. The highest BCUT2D eigenvalue weighted by Crippen LogP contribution is 2.35. The molecule has 1 aromatic heterocycles. The van der Waals surface area contributed by atoms with Gasteiger partial charge in [-0.05, 0) is 18.4 Å². The van der Waals surface area contributed by atoms with E-state index in [1.165, 1.54) is 0 Å². The summed E-state index contributed by atoms with van der Waals surface area (Å²) >= 11 is 0. The van der Waals surface area contributed by atoms with E-state index in [-0.39, 0.29) is 36.1 Å². The molecule has 6 nitrogen and oxygen atoms in total. The topological polar surface area (TPSA) is 79.6 Å². The number of amides is 1. The number of rotatable bonds is 3. The lowest BCUT2D eigenvalue weighted by Gasteiger charge is -2.42. The minimum Gasteiger partial charge on any atom is -0.481 e. The Morgan fingerprint density at radius 3 is 2.76 bits per heavy atom. The Labute approximate surface area is 122 Å². The molecule has 1 amide bonds. The van der Waals surface area contributed by atoms with Crippen molar-refractivity contribution in [2.75, 3.05) is 13.1 Å². The molecule has 2 bridgehead atoms. The van der Waals surface area contributed by atoms with Crippen molar-refractivity contribution in [1.82, 2.24) is 9.47 Å². The number of aromatic nitrogens is 1. The van der Waals surface area contributed by atoms with Gasteiger partial charge in [0.05, 0.1) is 6.42 Å². The van der Waals surface area contributed by atoms with Crippen LogP contribution in [0, 0.1) is 5.92 Å². The summed E-state index contributed by atoms with van der Waals surface area (Å²) in [6.07, 6.45) is 0.920. The molecule has 2 aliphatic heterocycles. The average Bonchev–Trinajstić information content (AvgIpc) is 2.45. The fraction of sp³-hybridized carbons (Fsp3) is 0.533. The van der Waals surface area contributed by atoms with Crippen LogP contribution in [0.1, 0.15) is 30.9 Å². The van der Waals surface area contributed by atoms with Crippen molar-refractivity contribution in [3.63, 3.8) is 0 Å². The number of carbonyl (C=O) groups excluding carboxylic acids is 1. The van der Waals surface area contributed by atoms with Gasteiger partial charge in [-0.2, -0.15) is 0 Å². The molecule has 6 heteroatoms. The van der Waals surface area contributed by atoms with Crippen LogP contribution in [-0.4, -0.2) is 39.5 Å². The van der Waals surface area contributed by atoms with Gasteiger partial charge in [-0.3, -0.25) is 14.4 Å². The van der Waals surface area contributed by atoms with Gasteiger partial charge in [0.15, 0.2) is 0 Å². The molecule has 112 valence electrons. The molecule has 1 N–H and O–H groups in total. The molecule has 0 unspecified atom stereocenters. The molecule has 2 aliphatic rings. The summed E-state index contributed by atoms with van der Waals surface area (Å²) in [5, 5.41) is 8.67. The molecule has 3 rings (SSSR count). The third-order valence-electron chi connectivity index (χ3n) is 4.39. The van der Waals surface area contributed by atoms with E-state index in [9.17, 15) is 14.4 Å². The number of piperidine rings is 1. The first kappa shape index (κ1) is 13.9. The zero-order valence-corrected chi connectivity index (χ0v) is 11.7. The van der Waals surface area contributed by atoms with Gasteiger partial charge in [0.1, 0.15) is 0 Å². The van der Waals surface area contributed by atoms with Crippen molar-refractivity contribution < 1.29 is 14.7 Å². The second kappa shape index (κ2) is 5.35. The van der Waals surface area contributed by atoms with E-state index in [0.29, 0.717) is 19.6 Å². The van der Waals surface area contributed by atoms with E-state index >= 15 is 0 Å². The second-order valence-corrected chi connectivity index (χ2v) is 5.89. The lowest BCUT2D eigenvalue weighted by molar-refractivity contribution is -0.141. The van der Waals surface area contributed by atoms with Crippen molar-refractivity contribution in [3.8, 4) is 0 Å². The minimum absolute atomic E-state index is 0.0212. The van der Waals surface area contributed by atoms with Crippen LogP contribution in [-0.2, 0) is 16.1 Å². The van der Waals surface area contributed by atoms with Crippen molar-refractivity contribution in [1.29, 1.82) is 0 Å². The Morgan fingerprint density at radius 2 is 2.00 bits per heavy atom. The first-order valence-corrected chi connectivity index (χ1v) is 7.24. The number of likely N-dealkylation sites (tertiary alicyclic amines) is 1. The fourth-order valence-electron chi connectivity index (χ4n) is 3.47. The van der Waals surface area contributed by atoms with Crippen LogP contribution < -0.4 is 5.56 Å². The molecule has 0 saturated carbocycles. The highest BCUT2D eigenvalue weighted by Gasteiger charge is 2.35. The van der Waals surface area contributed by atoms with Gasteiger partial charge < -0.3 is 14.6 Å². The standard InChI is InChI=1S/C15H18N2O4/c18-13(4-5-15(20)21)16-7-10-6-11(9-16)12-2-1-3-14(19)17(12)8-10/h1-3,10-11H,4-9H2,(H,20,21)/t10-,11+/m0/s1. The van der Waals surface area contributed by atoms with Crippen LogP contribution in [0.4, 0.5) is 0 Å². The van der Waals surface area contributed by atoms with Crippen LogP contribution >= 0.6 is 0 Å². The van der Waals surface area contributed by atoms with E-state index in [0.717, 1.165) is 12.1 Å². The predicted molar refractivity (Wildman–Crippen MR) is 75.0 cm³/mol. The van der Waals surface area contributed by atoms with E-state index in [4.69, 9.17) is 5.11 Å². The average molecular weight is 290 g/mol. The minimum atomic E-state index is -0.947. The SMILES string of the molecule is O=C(O)CCC(=O)N1C[C@@H]2C[C@H](C1)c1cccc(=O)n1C2. The molecular formula is C15H18N2O4. The quantitative estimate of drug-likeness (QED) is 0.887. The summed E-state index contributed by atoms with van der Waals surface area (Å²) in [7, 11) is 0. The molecule has 21 heavy (non-hydrogen) atoms. The number of pyridine rings is 1. The summed E-state index contributed by atoms with van der Waals surface area (Å²) < 4.78 is 1.82. The molecule has 1 aromatic rings. The molecule has 1 saturated heterocycles. The number of carboxylic acid groups (broad SMARTS) is 1. The summed E-state index contributed by atoms with van der Waals surface area (Å²) in [5.74, 6) is -0.582. The lowest BCUT2D eigenvalue weighted by Crippen LogP contribution is -2.49. The van der Waals surface area contributed by atoms with Crippen molar-refractivity contribution in [2.24, 2.45) is 5.92 Å². The zero-order valence-electron chi connectivity index (χ0n) is 11.7. The normalized spacial score (nSPS) is 23.5. The number of hydrogen-bond donors (Lipinski definition) is 1. The fourth-order valence-corrected chi connectivity index (χ4v) is 3.47. The Balaban J connectivity index is 1.77. The van der Waals surface area contributed by atoms with Gasteiger partial charge in [-0.1, -0.05) is 6.07 Å². The Kier molecular flexibility index (Phi) is 3.53. The molecule has 3 heterocycles. The predicted octanol–water partition coefficient (Wildman–Crippen LogP) is 0.659. The summed E-state index contributed by atoms with van der Waals surface area (Å²) in [6, 6.07) is 5.29. The number of aliphatic carboxylic acids is 1. The molecule has 0 spiro atoms. The maximum atomic E-state index is 12.1. The van der Waals surface area contributed by atoms with Gasteiger partial charge >= 0.3 is 5.97 Å². The molecule has 0 aliphatic carbocycles. The van der Waals surface area contributed by atoms with Gasteiger partial charge in [0, 0.05) is 43.7 Å². The Bertz CT molecular complexity index is 637. The zero-order chi connectivity index (χ0) is 15.0. The number of nitrogens with zero attached hydrogens (tertiary/aromatic N) is 2. The molecule has 0 radical (unpaired) electrons. The molecule has 0 aromatic carbocycles. The van der Waals surface area contributed by atoms with E-state index in [2.05, 4.69) is 0 Å². The van der Waals surface area contributed by atoms with Gasteiger partial charge in [0.25, 0.3) is 5.56 Å². The summed E-state index contributed by atoms with van der Waals surface area (Å²) in [5.41, 5.74) is 1.02. The highest BCUT2D eigenvalue weighted by molar-refractivity contribution is 5.80. The highest BCUT2D eigenvalue weighted by atomic mass is 16.4. The smallest absolute Gasteiger partial charge is 0.303 e. The van der Waals surface area contributed by atoms with Crippen molar-refractivity contribution in [2.45, 2.75) is 31.7 Å². The molecule has 2 atom stereocenters. The second-order valence-electron chi connectivity index (χ2n) is 5.89. The molecule has 1 fully saturated rings. The van der Waals surface area contributed by atoms with E-state index in [1.807, 2.05) is 10.6 Å². The van der Waals surface area contributed by atoms with E-state index in [1.54, 1.807) is 17.0 Å². The lowest BCUT2D eigenvalue weighted by atomic mass is 9.83. The van der Waals surface area contributed by atoms with Crippen LogP contribution in [0.15, 0.2) is 23.0 Å². The third kappa shape index (κ3) is 2.70. The monoisotopic (exact) mass is 290 g/mol. The Hall–Kier alpha value is -2.11. The van der Waals surface area contributed by atoms with Gasteiger partial charge in [-0.15, -0.1) is 0 Å². The Morgan fingerprint density at radius 1 is 1.19 bits per heavy atom. The molecular weight excluding hydrogens is 272 g/mol. The maximum Gasteiger partial charge on any atom is 0.303 e. The third-order valence-corrected chi connectivity index (χ3v) is 4.39. The van der Waals surface area contributed by atoms with Crippen LogP contribution in [0.3, 0.4) is 0 Å². The maximum absolute atomic E-state index is 12.1. The largest absolute Gasteiger partial charge is 0.481 e. The number of carboxylic acids is 1. The first-order chi connectivity index (χ1) is 10.0. The number of hydrogen-bond acceptors (Lipinski definition) is 3. The van der Waals surface area contributed by atoms with Crippen LogP contribution in [0.5, 0.6) is 0 Å². The van der Waals surface area contributed by atoms with Gasteiger partial charge in [0.2, 0.25) is 5.91 Å². The first-order valence-electron chi connectivity index (χ1n) is 7.24. The number of fused-ring (bicyclic) bond motifs is 4.